The number of thiophene rings is 1. The van der Waals surface area contributed by atoms with Crippen LogP contribution >= 0.6 is 35.3 Å². The molecule has 1 fully saturated rings. The van der Waals surface area contributed by atoms with E-state index >= 15 is 0 Å². The third-order valence-corrected chi connectivity index (χ3v) is 6.57. The van der Waals surface area contributed by atoms with Crippen LogP contribution in [0.2, 0.25) is 0 Å². The lowest BCUT2D eigenvalue weighted by Crippen LogP contribution is -2.46. The maximum Gasteiger partial charge on any atom is 0.191 e. The van der Waals surface area contributed by atoms with Crippen molar-refractivity contribution in [2.75, 3.05) is 53.6 Å². The first-order chi connectivity index (χ1) is 14.7. The summed E-state index contributed by atoms with van der Waals surface area (Å²) in [5.74, 6) is 2.22. The van der Waals surface area contributed by atoms with E-state index in [-0.39, 0.29) is 24.0 Å². The summed E-state index contributed by atoms with van der Waals surface area (Å²) in [5.41, 5.74) is 1.32. The van der Waals surface area contributed by atoms with Crippen LogP contribution in [0.25, 0.3) is 0 Å². The zero-order valence-electron chi connectivity index (χ0n) is 18.7. The Labute approximate surface area is 207 Å². The number of nitrogens with zero attached hydrogens (tertiary/aromatic N) is 2. The van der Waals surface area contributed by atoms with E-state index in [1.54, 1.807) is 7.11 Å². The van der Waals surface area contributed by atoms with Crippen LogP contribution in [0.3, 0.4) is 0 Å². The van der Waals surface area contributed by atoms with Gasteiger partial charge in [-0.3, -0.25) is 9.89 Å². The molecule has 0 saturated carbocycles. The Morgan fingerprint density at radius 2 is 1.94 bits per heavy atom. The van der Waals surface area contributed by atoms with Gasteiger partial charge in [0.05, 0.1) is 26.4 Å². The Morgan fingerprint density at radius 1 is 1.19 bits per heavy atom. The fourth-order valence-electron chi connectivity index (χ4n) is 3.70. The van der Waals surface area contributed by atoms with Gasteiger partial charge in [0.15, 0.2) is 5.96 Å². The first-order valence-corrected chi connectivity index (χ1v) is 11.5. The van der Waals surface area contributed by atoms with Gasteiger partial charge in [0.2, 0.25) is 0 Å². The maximum atomic E-state index is 5.54. The van der Waals surface area contributed by atoms with Crippen molar-refractivity contribution in [3.63, 3.8) is 0 Å². The Balaban J connectivity index is 0.00000341. The lowest BCUT2D eigenvalue weighted by atomic mass is 9.98. The first-order valence-electron chi connectivity index (χ1n) is 10.6. The van der Waals surface area contributed by atoms with Crippen LogP contribution in [0.1, 0.15) is 35.7 Å². The number of hydrogen-bond acceptors (Lipinski definition) is 5. The summed E-state index contributed by atoms with van der Waals surface area (Å²) in [6.07, 6.45) is 1.03. The van der Waals surface area contributed by atoms with E-state index in [4.69, 9.17) is 9.47 Å². The average Bonchev–Trinajstić information content (AvgIpc) is 3.33. The van der Waals surface area contributed by atoms with Gasteiger partial charge in [-0.25, -0.2) is 0 Å². The minimum Gasteiger partial charge on any atom is -0.497 e. The van der Waals surface area contributed by atoms with Crippen molar-refractivity contribution in [1.82, 2.24) is 15.5 Å². The Hall–Kier alpha value is -1.36. The van der Waals surface area contributed by atoms with Gasteiger partial charge in [0, 0.05) is 38.1 Å². The highest BCUT2D eigenvalue weighted by Crippen LogP contribution is 2.25. The molecule has 172 valence electrons. The van der Waals surface area contributed by atoms with Gasteiger partial charge in [-0.15, -0.1) is 35.3 Å². The highest BCUT2D eigenvalue weighted by molar-refractivity contribution is 14.0. The highest BCUT2D eigenvalue weighted by atomic mass is 127. The van der Waals surface area contributed by atoms with E-state index in [1.807, 2.05) is 30.5 Å². The highest BCUT2D eigenvalue weighted by Gasteiger charge is 2.23. The number of ether oxygens (including phenoxy) is 2. The van der Waals surface area contributed by atoms with Crippen LogP contribution in [0, 0.1) is 0 Å². The van der Waals surface area contributed by atoms with E-state index in [0.717, 1.165) is 57.5 Å². The standard InChI is InChI=1S/C23H34N4O2S.HI/c1-18(19-6-8-20(28-3)9-7-19)10-11-25-23(24-2)26-17-21(22-5-4-16-30-22)27-12-14-29-15-13-27;/h4-9,16,18,21H,10-15,17H2,1-3H3,(H2,24,25,26);1H. The number of rotatable bonds is 9. The molecule has 3 rings (SSSR count). The van der Waals surface area contributed by atoms with Gasteiger partial charge in [0.1, 0.15) is 5.75 Å². The van der Waals surface area contributed by atoms with Crippen molar-refractivity contribution >= 4 is 41.3 Å². The lowest BCUT2D eigenvalue weighted by molar-refractivity contribution is 0.0177. The molecule has 2 heterocycles. The minimum absolute atomic E-state index is 0. The summed E-state index contributed by atoms with van der Waals surface area (Å²) >= 11 is 1.81. The topological polar surface area (TPSA) is 58.1 Å². The number of guanidine groups is 1. The third kappa shape index (κ3) is 7.93. The zero-order chi connectivity index (χ0) is 21.2. The molecule has 2 N–H and O–H groups in total. The average molecular weight is 559 g/mol. The number of hydrogen-bond donors (Lipinski definition) is 2. The molecule has 0 bridgehead atoms. The van der Waals surface area contributed by atoms with Crippen molar-refractivity contribution < 1.29 is 9.47 Å². The molecule has 1 saturated heterocycles. The van der Waals surface area contributed by atoms with Gasteiger partial charge in [-0.1, -0.05) is 25.1 Å². The van der Waals surface area contributed by atoms with E-state index in [9.17, 15) is 0 Å². The molecular formula is C23H35IN4O2S. The first kappa shape index (κ1) is 25.9. The van der Waals surface area contributed by atoms with Crippen LogP contribution in [0.4, 0.5) is 0 Å². The van der Waals surface area contributed by atoms with Gasteiger partial charge in [0.25, 0.3) is 0 Å². The molecule has 8 heteroatoms. The summed E-state index contributed by atoms with van der Waals surface area (Å²) in [7, 11) is 3.53. The van der Waals surface area contributed by atoms with Crippen molar-refractivity contribution in [3.8, 4) is 5.75 Å². The molecule has 1 aromatic carbocycles. The molecule has 1 aliphatic rings. The summed E-state index contributed by atoms with van der Waals surface area (Å²) in [5, 5.41) is 9.15. The SMILES string of the molecule is CN=C(NCCC(C)c1ccc(OC)cc1)NCC(c1cccs1)N1CCOCC1.I. The van der Waals surface area contributed by atoms with Crippen LogP contribution in [0.15, 0.2) is 46.8 Å². The molecule has 0 aliphatic carbocycles. The van der Waals surface area contributed by atoms with Crippen LogP contribution in [-0.4, -0.2) is 64.4 Å². The summed E-state index contributed by atoms with van der Waals surface area (Å²) < 4.78 is 10.8. The number of halogens is 1. The Kier molecular flexibility index (Phi) is 11.6. The van der Waals surface area contributed by atoms with Crippen molar-refractivity contribution in [2.45, 2.75) is 25.3 Å². The maximum absolute atomic E-state index is 5.54. The molecule has 1 aliphatic heterocycles. The predicted octanol–water partition coefficient (Wildman–Crippen LogP) is 4.11. The number of nitrogens with one attached hydrogen (secondary N) is 2. The molecule has 1 aromatic heterocycles. The van der Waals surface area contributed by atoms with E-state index in [2.05, 4.69) is 57.1 Å². The van der Waals surface area contributed by atoms with Crippen LogP contribution in [0.5, 0.6) is 5.75 Å². The second-order valence-corrected chi connectivity index (χ2v) is 8.50. The molecule has 0 radical (unpaired) electrons. The largest absolute Gasteiger partial charge is 0.497 e. The van der Waals surface area contributed by atoms with Crippen molar-refractivity contribution in [2.24, 2.45) is 4.99 Å². The molecule has 2 aromatic rings. The third-order valence-electron chi connectivity index (χ3n) is 5.60. The Bertz CT molecular complexity index is 764. The summed E-state index contributed by atoms with van der Waals surface area (Å²) in [4.78, 5) is 8.30. The van der Waals surface area contributed by atoms with Crippen molar-refractivity contribution in [1.29, 1.82) is 0 Å². The number of benzene rings is 1. The fourth-order valence-corrected chi connectivity index (χ4v) is 4.56. The summed E-state index contributed by atoms with van der Waals surface area (Å²) in [6.45, 7) is 7.49. The smallest absolute Gasteiger partial charge is 0.191 e. The van der Waals surface area contributed by atoms with E-state index in [1.165, 1.54) is 10.4 Å². The van der Waals surface area contributed by atoms with Gasteiger partial charge in [-0.2, -0.15) is 0 Å². The van der Waals surface area contributed by atoms with E-state index in [0.29, 0.717) is 12.0 Å². The van der Waals surface area contributed by atoms with Gasteiger partial charge >= 0.3 is 0 Å². The molecule has 0 spiro atoms. The molecule has 2 unspecified atom stereocenters. The fraction of sp³-hybridized carbons (Fsp3) is 0.522. The zero-order valence-corrected chi connectivity index (χ0v) is 21.8. The minimum atomic E-state index is 0. The Morgan fingerprint density at radius 3 is 2.55 bits per heavy atom. The molecule has 6 nitrogen and oxygen atoms in total. The van der Waals surface area contributed by atoms with Crippen molar-refractivity contribution in [3.05, 3.63) is 52.2 Å². The molecular weight excluding hydrogens is 523 g/mol. The number of aliphatic imine (C=N–C) groups is 1. The second-order valence-electron chi connectivity index (χ2n) is 7.52. The molecule has 2 atom stereocenters. The lowest BCUT2D eigenvalue weighted by Gasteiger charge is -2.34. The second kappa shape index (κ2) is 13.9. The predicted molar refractivity (Wildman–Crippen MR) is 140 cm³/mol. The van der Waals surface area contributed by atoms with Gasteiger partial charge in [-0.05, 0) is 41.5 Å². The van der Waals surface area contributed by atoms with Gasteiger partial charge < -0.3 is 20.1 Å². The quantitative estimate of drug-likeness (QED) is 0.276. The monoisotopic (exact) mass is 558 g/mol. The molecule has 31 heavy (non-hydrogen) atoms. The van der Waals surface area contributed by atoms with Crippen LogP contribution < -0.4 is 15.4 Å². The number of morpholine rings is 1. The summed E-state index contributed by atoms with van der Waals surface area (Å²) in [6, 6.07) is 13.0. The number of methoxy groups -OCH3 is 1. The normalized spacial score (nSPS) is 16.8. The van der Waals surface area contributed by atoms with E-state index < -0.39 is 0 Å². The van der Waals surface area contributed by atoms with Crippen LogP contribution in [-0.2, 0) is 4.74 Å². The molecule has 0 amide bonds.